The minimum Gasteiger partial charge on any atom is -0.468 e. The highest BCUT2D eigenvalue weighted by Gasteiger charge is 2.26. The Hall–Kier alpha value is -0.730. The predicted molar refractivity (Wildman–Crippen MR) is 56.7 cm³/mol. The van der Waals surface area contributed by atoms with Crippen LogP contribution in [0.25, 0.3) is 0 Å². The number of benzene rings is 1. The molecule has 0 amide bonds. The third kappa shape index (κ3) is 2.63. The van der Waals surface area contributed by atoms with Gasteiger partial charge in [-0.3, -0.25) is 4.79 Å². The summed E-state index contributed by atoms with van der Waals surface area (Å²) in [6.45, 7) is 0. The second-order valence-corrected chi connectivity index (χ2v) is 3.68. The van der Waals surface area contributed by atoms with Gasteiger partial charge in [-0.15, -0.1) is 23.2 Å². The summed E-state index contributed by atoms with van der Waals surface area (Å²) in [7, 11) is 1.28. The number of esters is 1. The molecule has 4 heteroatoms. The molecule has 0 N–H and O–H groups in total. The lowest BCUT2D eigenvalue weighted by Gasteiger charge is -2.13. The van der Waals surface area contributed by atoms with Crippen molar-refractivity contribution in [1.82, 2.24) is 0 Å². The predicted octanol–water partition coefficient (Wildman–Crippen LogP) is 2.75. The van der Waals surface area contributed by atoms with Crippen LogP contribution in [0, 0.1) is 0 Å². The smallest absolute Gasteiger partial charge is 0.325 e. The molecule has 0 fully saturated rings. The van der Waals surface area contributed by atoms with E-state index >= 15 is 0 Å². The van der Waals surface area contributed by atoms with Crippen molar-refractivity contribution in [3.05, 3.63) is 35.9 Å². The van der Waals surface area contributed by atoms with Crippen LogP contribution in [0.1, 0.15) is 10.9 Å². The first-order valence-corrected chi connectivity index (χ1v) is 4.95. The van der Waals surface area contributed by atoms with Gasteiger partial charge in [0.1, 0.15) is 0 Å². The topological polar surface area (TPSA) is 26.3 Å². The fourth-order valence-corrected chi connectivity index (χ4v) is 1.52. The Balaban J connectivity index is 2.75. The average molecular weight is 233 g/mol. The molecule has 14 heavy (non-hydrogen) atoms. The monoisotopic (exact) mass is 232 g/mol. The number of ether oxygens (including phenoxy) is 1. The Kier molecular flexibility index (Phi) is 4.23. The number of carbonyl (C=O) groups is 1. The fourth-order valence-electron chi connectivity index (χ4n) is 1.04. The lowest BCUT2D eigenvalue weighted by Crippen LogP contribution is -2.20. The summed E-state index contributed by atoms with van der Waals surface area (Å²) in [5.41, 5.74) is 0.805. The standard InChI is InChI=1S/C10H10Cl2O2/c1-14-10(13)9(12)8(11)7-5-3-2-4-6-7/h2-6,8-9H,1H3/t8-,9-/m1/s1. The molecule has 0 heterocycles. The molecule has 2 atom stereocenters. The van der Waals surface area contributed by atoms with Crippen molar-refractivity contribution in [3.8, 4) is 0 Å². The van der Waals surface area contributed by atoms with Gasteiger partial charge in [-0.2, -0.15) is 0 Å². The zero-order valence-corrected chi connectivity index (χ0v) is 9.13. The lowest BCUT2D eigenvalue weighted by molar-refractivity contribution is -0.140. The Morgan fingerprint density at radius 2 is 1.86 bits per heavy atom. The molecule has 0 aliphatic heterocycles. The Labute approximate surface area is 92.8 Å². The van der Waals surface area contributed by atoms with Crippen LogP contribution in [0.15, 0.2) is 30.3 Å². The van der Waals surface area contributed by atoms with Crippen molar-refractivity contribution in [2.45, 2.75) is 10.8 Å². The normalized spacial score (nSPS) is 14.5. The molecular weight excluding hydrogens is 223 g/mol. The van der Waals surface area contributed by atoms with Crippen molar-refractivity contribution in [1.29, 1.82) is 0 Å². The van der Waals surface area contributed by atoms with Crippen LogP contribution < -0.4 is 0 Å². The Bertz CT molecular complexity index is 300. The van der Waals surface area contributed by atoms with Crippen molar-refractivity contribution in [2.24, 2.45) is 0 Å². The Morgan fingerprint density at radius 3 is 2.36 bits per heavy atom. The van der Waals surface area contributed by atoms with E-state index in [1.807, 2.05) is 30.3 Å². The molecule has 0 aliphatic carbocycles. The highest BCUT2D eigenvalue weighted by atomic mass is 35.5. The van der Waals surface area contributed by atoms with Gasteiger partial charge in [-0.05, 0) is 5.56 Å². The van der Waals surface area contributed by atoms with E-state index in [0.29, 0.717) is 0 Å². The molecule has 76 valence electrons. The van der Waals surface area contributed by atoms with E-state index in [1.165, 1.54) is 7.11 Å². The van der Waals surface area contributed by atoms with Gasteiger partial charge >= 0.3 is 5.97 Å². The maximum Gasteiger partial charge on any atom is 0.325 e. The first-order valence-electron chi connectivity index (χ1n) is 4.07. The summed E-state index contributed by atoms with van der Waals surface area (Å²) in [6.07, 6.45) is 0. The molecule has 1 aromatic carbocycles. The van der Waals surface area contributed by atoms with Crippen LogP contribution in [0.3, 0.4) is 0 Å². The quantitative estimate of drug-likeness (QED) is 0.592. The van der Waals surface area contributed by atoms with Crippen LogP contribution in [0.2, 0.25) is 0 Å². The van der Waals surface area contributed by atoms with Gasteiger partial charge in [-0.25, -0.2) is 0 Å². The number of hydrogen-bond donors (Lipinski definition) is 0. The fraction of sp³-hybridized carbons (Fsp3) is 0.300. The molecule has 1 aromatic rings. The number of hydrogen-bond acceptors (Lipinski definition) is 2. The Morgan fingerprint density at radius 1 is 1.29 bits per heavy atom. The molecule has 0 aliphatic rings. The first kappa shape index (κ1) is 11.3. The number of rotatable bonds is 3. The van der Waals surface area contributed by atoms with E-state index in [1.54, 1.807) is 0 Å². The summed E-state index contributed by atoms with van der Waals surface area (Å²) in [5.74, 6) is -0.518. The molecule has 0 unspecified atom stereocenters. The van der Waals surface area contributed by atoms with Crippen molar-refractivity contribution in [2.75, 3.05) is 7.11 Å². The zero-order chi connectivity index (χ0) is 10.6. The third-order valence-electron chi connectivity index (χ3n) is 1.80. The van der Waals surface area contributed by atoms with Crippen LogP contribution >= 0.6 is 23.2 Å². The summed E-state index contributed by atoms with van der Waals surface area (Å²) in [4.78, 5) is 11.1. The maximum absolute atomic E-state index is 11.1. The van der Waals surface area contributed by atoms with E-state index < -0.39 is 16.7 Å². The van der Waals surface area contributed by atoms with Gasteiger partial charge in [0, 0.05) is 0 Å². The number of alkyl halides is 2. The van der Waals surface area contributed by atoms with E-state index in [9.17, 15) is 4.79 Å². The van der Waals surface area contributed by atoms with E-state index in [0.717, 1.165) is 5.56 Å². The molecule has 1 rings (SSSR count). The number of methoxy groups -OCH3 is 1. The van der Waals surface area contributed by atoms with Crippen molar-refractivity contribution >= 4 is 29.2 Å². The highest BCUT2D eigenvalue weighted by molar-refractivity contribution is 6.36. The number of carbonyl (C=O) groups excluding carboxylic acids is 1. The minimum atomic E-state index is -0.857. The molecule has 0 saturated heterocycles. The summed E-state index contributed by atoms with van der Waals surface area (Å²) in [5, 5.41) is -1.42. The van der Waals surface area contributed by atoms with Gasteiger partial charge < -0.3 is 4.74 Å². The van der Waals surface area contributed by atoms with E-state index in [-0.39, 0.29) is 0 Å². The molecule has 2 nitrogen and oxygen atoms in total. The van der Waals surface area contributed by atoms with E-state index in [4.69, 9.17) is 23.2 Å². The second-order valence-electron chi connectivity index (χ2n) is 2.74. The van der Waals surface area contributed by atoms with Gasteiger partial charge in [0.15, 0.2) is 5.38 Å². The van der Waals surface area contributed by atoms with Crippen molar-refractivity contribution in [3.63, 3.8) is 0 Å². The van der Waals surface area contributed by atoms with Crippen LogP contribution in [-0.2, 0) is 9.53 Å². The molecule has 0 radical (unpaired) electrons. The molecular formula is C10H10Cl2O2. The molecule has 0 aromatic heterocycles. The minimum absolute atomic E-state index is 0.518. The zero-order valence-electron chi connectivity index (χ0n) is 7.61. The lowest BCUT2D eigenvalue weighted by atomic mass is 10.1. The van der Waals surface area contributed by atoms with Crippen LogP contribution in [0.5, 0.6) is 0 Å². The summed E-state index contributed by atoms with van der Waals surface area (Å²) in [6, 6.07) is 9.18. The molecule has 0 bridgehead atoms. The van der Waals surface area contributed by atoms with Crippen LogP contribution in [-0.4, -0.2) is 18.5 Å². The van der Waals surface area contributed by atoms with Gasteiger partial charge in [0.25, 0.3) is 0 Å². The second kappa shape index (κ2) is 5.23. The molecule has 0 saturated carbocycles. The molecule has 0 spiro atoms. The van der Waals surface area contributed by atoms with E-state index in [2.05, 4.69) is 4.74 Å². The SMILES string of the molecule is COC(=O)[C@H](Cl)[C@H](Cl)c1ccccc1. The number of halogens is 2. The maximum atomic E-state index is 11.1. The first-order chi connectivity index (χ1) is 6.66. The van der Waals surface area contributed by atoms with Gasteiger partial charge in [-0.1, -0.05) is 30.3 Å². The van der Waals surface area contributed by atoms with Gasteiger partial charge in [0.05, 0.1) is 12.5 Å². The van der Waals surface area contributed by atoms with Gasteiger partial charge in [0.2, 0.25) is 0 Å². The van der Waals surface area contributed by atoms with Crippen LogP contribution in [0.4, 0.5) is 0 Å². The third-order valence-corrected chi connectivity index (χ3v) is 2.86. The highest BCUT2D eigenvalue weighted by Crippen LogP contribution is 2.28. The van der Waals surface area contributed by atoms with Crippen molar-refractivity contribution < 1.29 is 9.53 Å². The average Bonchev–Trinajstić information content (AvgIpc) is 2.27. The largest absolute Gasteiger partial charge is 0.468 e. The summed E-state index contributed by atoms with van der Waals surface area (Å²) >= 11 is 11.8. The summed E-state index contributed by atoms with van der Waals surface area (Å²) < 4.78 is 4.50.